The largest absolute Gasteiger partial charge is 0.504 e. The summed E-state index contributed by atoms with van der Waals surface area (Å²) in [6.45, 7) is 0.759. The van der Waals surface area contributed by atoms with Crippen LogP contribution in [0.15, 0.2) is 48.0 Å². The van der Waals surface area contributed by atoms with Crippen LogP contribution in [0.4, 0.5) is 5.69 Å². The molecule has 5 heteroatoms. The molecule has 0 unspecified atom stereocenters. The molecule has 4 N–H and O–H groups in total. The Kier molecular flexibility index (Phi) is 3.70. The second-order valence-electron chi connectivity index (χ2n) is 5.12. The monoisotopic (exact) mass is 296 g/mol. The van der Waals surface area contributed by atoms with Crippen molar-refractivity contribution in [3.05, 3.63) is 59.2 Å². The predicted molar refractivity (Wildman–Crippen MR) is 84.5 cm³/mol. The molecule has 112 valence electrons. The first-order valence-corrected chi connectivity index (χ1v) is 6.96. The fourth-order valence-electron chi connectivity index (χ4n) is 2.33. The number of amides is 1. The highest BCUT2D eigenvalue weighted by Crippen LogP contribution is 2.25. The van der Waals surface area contributed by atoms with Crippen molar-refractivity contribution in [2.45, 2.75) is 6.54 Å². The van der Waals surface area contributed by atoms with E-state index in [1.807, 2.05) is 30.3 Å². The number of phenols is 2. The van der Waals surface area contributed by atoms with Crippen molar-refractivity contribution in [2.75, 3.05) is 11.9 Å². The molecule has 5 nitrogen and oxygen atoms in total. The number of fused-ring (bicyclic) bond motifs is 1. The lowest BCUT2D eigenvalue weighted by Crippen LogP contribution is -2.28. The van der Waals surface area contributed by atoms with Crippen LogP contribution in [0.3, 0.4) is 0 Å². The maximum Gasteiger partial charge on any atom is 0.249 e. The van der Waals surface area contributed by atoms with Crippen LogP contribution in [0.5, 0.6) is 11.5 Å². The number of carbonyl (C=O) groups excluding carboxylic acids is 1. The Hall–Kier alpha value is -2.95. The van der Waals surface area contributed by atoms with Crippen molar-refractivity contribution in [3.63, 3.8) is 0 Å². The molecule has 1 amide bonds. The second-order valence-corrected chi connectivity index (χ2v) is 5.12. The molecule has 0 aromatic heterocycles. The van der Waals surface area contributed by atoms with E-state index in [-0.39, 0.29) is 24.0 Å². The summed E-state index contributed by atoms with van der Waals surface area (Å²) in [7, 11) is 0. The quantitative estimate of drug-likeness (QED) is 0.655. The first-order chi connectivity index (χ1) is 10.6. The Balaban J connectivity index is 1.68. The lowest BCUT2D eigenvalue weighted by molar-refractivity contribution is -0.117. The summed E-state index contributed by atoms with van der Waals surface area (Å²) in [6.07, 6.45) is 1.87. The molecule has 0 saturated heterocycles. The molecular weight excluding hydrogens is 280 g/mol. The lowest BCUT2D eigenvalue weighted by Gasteiger charge is -2.18. The van der Waals surface area contributed by atoms with E-state index in [9.17, 15) is 15.0 Å². The zero-order valence-electron chi connectivity index (χ0n) is 11.8. The maximum atomic E-state index is 12.2. The van der Waals surface area contributed by atoms with Crippen LogP contribution in [0.25, 0.3) is 6.08 Å². The number of hydrogen-bond donors (Lipinski definition) is 4. The van der Waals surface area contributed by atoms with E-state index < -0.39 is 0 Å². The van der Waals surface area contributed by atoms with Crippen LogP contribution < -0.4 is 10.6 Å². The summed E-state index contributed by atoms with van der Waals surface area (Å²) in [5.74, 6) is -0.528. The minimum Gasteiger partial charge on any atom is -0.504 e. The first kappa shape index (κ1) is 14.0. The smallest absolute Gasteiger partial charge is 0.249 e. The van der Waals surface area contributed by atoms with Gasteiger partial charge in [0, 0.05) is 24.4 Å². The van der Waals surface area contributed by atoms with Crippen LogP contribution >= 0.6 is 0 Å². The van der Waals surface area contributed by atoms with E-state index >= 15 is 0 Å². The molecule has 0 spiro atoms. The summed E-state index contributed by atoms with van der Waals surface area (Å²) in [4.78, 5) is 12.2. The van der Waals surface area contributed by atoms with Crippen LogP contribution in [-0.2, 0) is 11.3 Å². The average Bonchev–Trinajstić information content (AvgIpc) is 2.55. The number of benzene rings is 2. The van der Waals surface area contributed by atoms with Gasteiger partial charge in [-0.1, -0.05) is 24.3 Å². The van der Waals surface area contributed by atoms with Crippen molar-refractivity contribution in [3.8, 4) is 11.5 Å². The Morgan fingerprint density at radius 1 is 1.14 bits per heavy atom. The average molecular weight is 296 g/mol. The second kappa shape index (κ2) is 5.81. The standard InChI is InChI=1S/C17H16N2O3/c20-15-6-5-11(7-16(15)21)9-19-17(22)13-8-12-3-1-2-4-14(12)18-10-13/h1-8,18,20-21H,9-10H2,(H,19,22). The number of anilines is 1. The van der Waals surface area contributed by atoms with E-state index in [1.165, 1.54) is 12.1 Å². The van der Waals surface area contributed by atoms with E-state index in [2.05, 4.69) is 10.6 Å². The van der Waals surface area contributed by atoms with Crippen LogP contribution in [0, 0.1) is 0 Å². The fraction of sp³-hybridized carbons (Fsp3) is 0.118. The van der Waals surface area contributed by atoms with Gasteiger partial charge < -0.3 is 20.8 Å². The van der Waals surface area contributed by atoms with Gasteiger partial charge in [0.1, 0.15) is 0 Å². The molecular formula is C17H16N2O3. The molecule has 0 bridgehead atoms. The molecule has 1 aliphatic rings. The fourth-order valence-corrected chi connectivity index (χ4v) is 2.33. The molecule has 1 aliphatic heterocycles. The summed E-state index contributed by atoms with van der Waals surface area (Å²) >= 11 is 0. The first-order valence-electron chi connectivity index (χ1n) is 6.96. The summed E-state index contributed by atoms with van der Waals surface area (Å²) in [5, 5.41) is 24.7. The van der Waals surface area contributed by atoms with Crippen molar-refractivity contribution >= 4 is 17.7 Å². The number of nitrogens with one attached hydrogen (secondary N) is 2. The van der Waals surface area contributed by atoms with Gasteiger partial charge in [0.05, 0.1) is 0 Å². The highest BCUT2D eigenvalue weighted by molar-refractivity contribution is 6.00. The number of rotatable bonds is 3. The lowest BCUT2D eigenvalue weighted by atomic mass is 10.0. The molecule has 3 rings (SSSR count). The highest BCUT2D eigenvalue weighted by Gasteiger charge is 2.15. The van der Waals surface area contributed by atoms with Gasteiger partial charge in [-0.2, -0.15) is 0 Å². The Morgan fingerprint density at radius 2 is 1.95 bits per heavy atom. The van der Waals surface area contributed by atoms with Gasteiger partial charge in [-0.15, -0.1) is 0 Å². The minimum atomic E-state index is -0.195. The van der Waals surface area contributed by atoms with Gasteiger partial charge in [-0.05, 0) is 35.4 Å². The zero-order chi connectivity index (χ0) is 15.5. The molecule has 22 heavy (non-hydrogen) atoms. The van der Waals surface area contributed by atoms with Crippen LogP contribution in [0.2, 0.25) is 0 Å². The number of hydrogen-bond acceptors (Lipinski definition) is 4. The molecule has 2 aromatic rings. The van der Waals surface area contributed by atoms with E-state index in [4.69, 9.17) is 0 Å². The zero-order valence-corrected chi connectivity index (χ0v) is 11.8. The van der Waals surface area contributed by atoms with E-state index in [1.54, 1.807) is 6.07 Å². The van der Waals surface area contributed by atoms with Crippen molar-refractivity contribution in [2.24, 2.45) is 0 Å². The Morgan fingerprint density at radius 3 is 2.77 bits per heavy atom. The van der Waals surface area contributed by atoms with Gasteiger partial charge in [0.15, 0.2) is 11.5 Å². The van der Waals surface area contributed by atoms with Crippen molar-refractivity contribution < 1.29 is 15.0 Å². The van der Waals surface area contributed by atoms with E-state index in [0.717, 1.165) is 11.3 Å². The van der Waals surface area contributed by atoms with Gasteiger partial charge in [-0.25, -0.2) is 0 Å². The highest BCUT2D eigenvalue weighted by atomic mass is 16.3. The summed E-state index contributed by atoms with van der Waals surface area (Å²) < 4.78 is 0. The number of aromatic hydroxyl groups is 2. The van der Waals surface area contributed by atoms with Crippen molar-refractivity contribution in [1.29, 1.82) is 0 Å². The van der Waals surface area contributed by atoms with Crippen molar-refractivity contribution in [1.82, 2.24) is 5.32 Å². The normalized spacial score (nSPS) is 12.8. The van der Waals surface area contributed by atoms with Gasteiger partial charge in [0.25, 0.3) is 0 Å². The van der Waals surface area contributed by atoms with Crippen LogP contribution in [0.1, 0.15) is 11.1 Å². The third-order valence-electron chi connectivity index (χ3n) is 3.54. The van der Waals surface area contributed by atoms with Gasteiger partial charge in [0.2, 0.25) is 5.91 Å². The molecule has 0 saturated carbocycles. The summed E-state index contributed by atoms with van der Waals surface area (Å²) in [5.41, 5.74) is 3.37. The topological polar surface area (TPSA) is 81.6 Å². The minimum absolute atomic E-state index is 0.158. The summed E-state index contributed by atoms with van der Waals surface area (Å²) in [6, 6.07) is 12.3. The molecule has 1 heterocycles. The van der Waals surface area contributed by atoms with Crippen LogP contribution in [-0.4, -0.2) is 22.7 Å². The Labute approximate surface area is 127 Å². The molecule has 0 fully saturated rings. The number of para-hydroxylation sites is 1. The molecule has 0 radical (unpaired) electrons. The molecule has 0 atom stereocenters. The molecule has 2 aromatic carbocycles. The predicted octanol–water partition coefficient (Wildman–Crippen LogP) is 2.22. The molecule has 0 aliphatic carbocycles. The Bertz CT molecular complexity index is 753. The SMILES string of the molecule is O=C(NCc1ccc(O)c(O)c1)C1=Cc2ccccc2NC1. The third-order valence-corrected chi connectivity index (χ3v) is 3.54. The van der Waals surface area contributed by atoms with Gasteiger partial charge >= 0.3 is 0 Å². The number of phenolic OH excluding ortho intramolecular Hbond substituents is 2. The third kappa shape index (κ3) is 2.88. The van der Waals surface area contributed by atoms with E-state index in [0.29, 0.717) is 17.7 Å². The van der Waals surface area contributed by atoms with Gasteiger partial charge in [-0.3, -0.25) is 4.79 Å². The number of carbonyl (C=O) groups is 1. The maximum absolute atomic E-state index is 12.2.